The summed E-state index contributed by atoms with van der Waals surface area (Å²) in [6.07, 6.45) is 1.84. The van der Waals surface area contributed by atoms with Crippen LogP contribution in [0.15, 0.2) is 53.6 Å². The maximum absolute atomic E-state index is 12.2. The number of nitrogens with one attached hydrogen (secondary N) is 2. The molecule has 0 unspecified atom stereocenters. The number of benzene rings is 2. The van der Waals surface area contributed by atoms with E-state index in [0.29, 0.717) is 0 Å². The van der Waals surface area contributed by atoms with Crippen molar-refractivity contribution in [2.24, 2.45) is 0 Å². The highest BCUT2D eigenvalue weighted by Crippen LogP contribution is 2.36. The molecule has 2 N–H and O–H groups in total. The third kappa shape index (κ3) is 2.58. The van der Waals surface area contributed by atoms with E-state index < -0.39 is 10.0 Å². The average molecular weight is 365 g/mol. The van der Waals surface area contributed by atoms with Crippen molar-refractivity contribution in [2.45, 2.75) is 18.7 Å². The number of hydrogen-bond acceptors (Lipinski definition) is 3. The topological polar surface area (TPSA) is 74.8 Å². The van der Waals surface area contributed by atoms with Crippen molar-refractivity contribution in [2.75, 3.05) is 7.05 Å². The SMILES string of the molecule is CNS(=O)(=O)c1cccc(-c2ccc(C)c3[nH]c4ncc(C)cc4c23)c1. The Balaban J connectivity index is 2.07. The molecule has 0 bridgehead atoms. The summed E-state index contributed by atoms with van der Waals surface area (Å²) in [6.45, 7) is 4.07. The second-order valence-corrected chi connectivity index (χ2v) is 8.34. The number of pyridine rings is 1. The molecule has 0 fully saturated rings. The summed E-state index contributed by atoms with van der Waals surface area (Å²) in [5.41, 5.74) is 5.90. The molecule has 0 aliphatic heterocycles. The van der Waals surface area contributed by atoms with Crippen molar-refractivity contribution in [1.29, 1.82) is 0 Å². The lowest BCUT2D eigenvalue weighted by molar-refractivity contribution is 0.588. The Hall–Kier alpha value is -2.70. The van der Waals surface area contributed by atoms with Gasteiger partial charge in [0.25, 0.3) is 0 Å². The Morgan fingerprint density at radius 2 is 1.88 bits per heavy atom. The molecule has 6 heteroatoms. The highest BCUT2D eigenvalue weighted by molar-refractivity contribution is 7.89. The van der Waals surface area contributed by atoms with Crippen molar-refractivity contribution in [3.63, 3.8) is 0 Å². The first-order valence-electron chi connectivity index (χ1n) is 8.32. The summed E-state index contributed by atoms with van der Waals surface area (Å²) in [5.74, 6) is 0. The van der Waals surface area contributed by atoms with Gasteiger partial charge in [-0.25, -0.2) is 18.1 Å². The molecule has 2 aromatic heterocycles. The number of aromatic amines is 1. The van der Waals surface area contributed by atoms with Crippen LogP contribution in [0, 0.1) is 13.8 Å². The molecule has 132 valence electrons. The van der Waals surface area contributed by atoms with Crippen molar-refractivity contribution in [1.82, 2.24) is 14.7 Å². The molecular formula is C20H19N3O2S. The highest BCUT2D eigenvalue weighted by Gasteiger charge is 2.16. The second kappa shape index (κ2) is 5.93. The Labute approximate surface area is 152 Å². The number of nitrogens with zero attached hydrogens (tertiary/aromatic N) is 1. The van der Waals surface area contributed by atoms with Gasteiger partial charge < -0.3 is 4.98 Å². The van der Waals surface area contributed by atoms with Gasteiger partial charge in [-0.15, -0.1) is 0 Å². The van der Waals surface area contributed by atoms with E-state index in [9.17, 15) is 8.42 Å². The lowest BCUT2D eigenvalue weighted by Gasteiger charge is -2.09. The summed E-state index contributed by atoms with van der Waals surface area (Å²) in [4.78, 5) is 8.15. The number of H-pyrrole nitrogens is 1. The fraction of sp³-hybridized carbons (Fsp3) is 0.150. The predicted octanol–water partition coefficient (Wildman–Crippen LogP) is 3.91. The summed E-state index contributed by atoms with van der Waals surface area (Å²) in [7, 11) is -2.08. The van der Waals surface area contributed by atoms with Gasteiger partial charge in [0.1, 0.15) is 5.65 Å². The van der Waals surface area contributed by atoms with E-state index in [4.69, 9.17) is 0 Å². The Kier molecular flexibility index (Phi) is 3.82. The van der Waals surface area contributed by atoms with Gasteiger partial charge in [-0.1, -0.05) is 24.3 Å². The molecule has 0 aliphatic rings. The van der Waals surface area contributed by atoms with Crippen LogP contribution in [0.25, 0.3) is 33.1 Å². The van der Waals surface area contributed by atoms with Crippen LogP contribution in [0.2, 0.25) is 0 Å². The first kappa shape index (κ1) is 16.8. The molecule has 4 aromatic rings. The first-order chi connectivity index (χ1) is 12.4. The fourth-order valence-corrected chi connectivity index (χ4v) is 4.09. The van der Waals surface area contributed by atoms with Crippen LogP contribution in [0.1, 0.15) is 11.1 Å². The molecule has 0 radical (unpaired) electrons. The third-order valence-corrected chi connectivity index (χ3v) is 6.09. The zero-order valence-electron chi connectivity index (χ0n) is 14.8. The van der Waals surface area contributed by atoms with Gasteiger partial charge >= 0.3 is 0 Å². The number of aryl methyl sites for hydroxylation is 2. The van der Waals surface area contributed by atoms with Gasteiger partial charge in [0.2, 0.25) is 10.0 Å². The number of sulfonamides is 1. The lowest BCUT2D eigenvalue weighted by atomic mass is 9.97. The van der Waals surface area contributed by atoms with Crippen LogP contribution in [0.4, 0.5) is 0 Å². The molecule has 0 amide bonds. The van der Waals surface area contributed by atoms with E-state index in [2.05, 4.69) is 27.7 Å². The monoisotopic (exact) mass is 365 g/mol. The summed E-state index contributed by atoms with van der Waals surface area (Å²) >= 11 is 0. The Bertz CT molecular complexity index is 1260. The summed E-state index contributed by atoms with van der Waals surface area (Å²) in [5, 5.41) is 2.11. The molecule has 0 aliphatic carbocycles. The Morgan fingerprint density at radius 1 is 1.08 bits per heavy atom. The minimum Gasteiger partial charge on any atom is -0.339 e. The van der Waals surface area contributed by atoms with Crippen molar-refractivity contribution in [3.05, 3.63) is 59.8 Å². The molecule has 0 atom stereocenters. The number of rotatable bonds is 3. The van der Waals surface area contributed by atoms with Crippen molar-refractivity contribution in [3.8, 4) is 11.1 Å². The minimum absolute atomic E-state index is 0.250. The van der Waals surface area contributed by atoms with Gasteiger partial charge in [-0.3, -0.25) is 0 Å². The van der Waals surface area contributed by atoms with Gasteiger partial charge in [0, 0.05) is 17.0 Å². The molecule has 0 saturated carbocycles. The number of aromatic nitrogens is 2. The van der Waals surface area contributed by atoms with Gasteiger partial charge in [-0.2, -0.15) is 0 Å². The molecule has 26 heavy (non-hydrogen) atoms. The van der Waals surface area contributed by atoms with E-state index in [1.54, 1.807) is 18.2 Å². The molecule has 5 nitrogen and oxygen atoms in total. The van der Waals surface area contributed by atoms with Crippen LogP contribution in [0.5, 0.6) is 0 Å². The normalized spacial score (nSPS) is 12.1. The molecule has 0 spiro atoms. The van der Waals surface area contributed by atoms with E-state index in [0.717, 1.165) is 44.2 Å². The van der Waals surface area contributed by atoms with E-state index in [-0.39, 0.29) is 4.90 Å². The zero-order valence-corrected chi connectivity index (χ0v) is 15.6. The second-order valence-electron chi connectivity index (χ2n) is 6.45. The van der Waals surface area contributed by atoms with Crippen LogP contribution in [-0.4, -0.2) is 25.4 Å². The van der Waals surface area contributed by atoms with E-state index in [1.807, 2.05) is 31.3 Å². The summed E-state index contributed by atoms with van der Waals surface area (Å²) < 4.78 is 26.7. The van der Waals surface area contributed by atoms with Crippen LogP contribution in [0.3, 0.4) is 0 Å². The lowest BCUT2D eigenvalue weighted by Crippen LogP contribution is -2.18. The molecule has 4 rings (SSSR count). The predicted molar refractivity (Wildman–Crippen MR) is 105 cm³/mol. The van der Waals surface area contributed by atoms with Crippen LogP contribution in [-0.2, 0) is 10.0 Å². The van der Waals surface area contributed by atoms with Gasteiger partial charge in [0.15, 0.2) is 0 Å². The zero-order chi connectivity index (χ0) is 18.5. The third-order valence-electron chi connectivity index (χ3n) is 4.67. The van der Waals surface area contributed by atoms with Crippen LogP contribution < -0.4 is 4.72 Å². The van der Waals surface area contributed by atoms with E-state index in [1.165, 1.54) is 7.05 Å². The number of hydrogen-bond donors (Lipinski definition) is 2. The first-order valence-corrected chi connectivity index (χ1v) is 9.80. The van der Waals surface area contributed by atoms with Crippen molar-refractivity contribution >= 4 is 32.0 Å². The quantitative estimate of drug-likeness (QED) is 0.578. The molecule has 2 heterocycles. The fourth-order valence-electron chi connectivity index (χ4n) is 3.31. The molecule has 0 saturated heterocycles. The average Bonchev–Trinajstić information content (AvgIpc) is 3.02. The largest absolute Gasteiger partial charge is 0.339 e. The van der Waals surface area contributed by atoms with Gasteiger partial charge in [-0.05, 0) is 61.3 Å². The van der Waals surface area contributed by atoms with Crippen molar-refractivity contribution < 1.29 is 8.42 Å². The number of fused-ring (bicyclic) bond motifs is 3. The van der Waals surface area contributed by atoms with Crippen LogP contribution >= 0.6 is 0 Å². The highest BCUT2D eigenvalue weighted by atomic mass is 32.2. The minimum atomic E-state index is -3.50. The standard InChI is InChI=1S/C20H19N3O2S/c1-12-9-17-18-16(8-7-13(2)19(18)23-20(17)22-11-12)14-5-4-6-15(10-14)26(24,25)21-3/h4-11,21H,1-3H3,(H,22,23). The maximum Gasteiger partial charge on any atom is 0.240 e. The maximum atomic E-state index is 12.2. The molecule has 2 aromatic carbocycles. The summed E-state index contributed by atoms with van der Waals surface area (Å²) in [6, 6.07) is 13.2. The van der Waals surface area contributed by atoms with Gasteiger partial charge in [0.05, 0.1) is 10.4 Å². The smallest absolute Gasteiger partial charge is 0.240 e. The molecular weight excluding hydrogens is 346 g/mol. The van der Waals surface area contributed by atoms with E-state index >= 15 is 0 Å². The Morgan fingerprint density at radius 3 is 2.65 bits per heavy atom.